The summed E-state index contributed by atoms with van der Waals surface area (Å²) in [6, 6.07) is 5.21. The fourth-order valence-electron chi connectivity index (χ4n) is 2.37. The Balaban J connectivity index is 1.93. The minimum atomic E-state index is -0.541. The van der Waals surface area contributed by atoms with Crippen molar-refractivity contribution in [3.8, 4) is 0 Å². The van der Waals surface area contributed by atoms with Crippen LogP contribution in [0.2, 0.25) is 0 Å². The third kappa shape index (κ3) is 3.56. The Hall–Kier alpha value is -2.44. The lowest BCUT2D eigenvalue weighted by molar-refractivity contribution is -0.384. The molecule has 2 unspecified atom stereocenters. The molecule has 1 aromatic carbocycles. The summed E-state index contributed by atoms with van der Waals surface area (Å²) in [6.07, 6.45) is 1.37. The maximum Gasteiger partial charge on any atom is 0.338 e. The van der Waals surface area contributed by atoms with Gasteiger partial charge in [-0.25, -0.2) is 4.79 Å². The number of non-ortho nitro benzene ring substituents is 1. The maximum atomic E-state index is 11.9. The van der Waals surface area contributed by atoms with Crippen LogP contribution in [-0.4, -0.2) is 30.1 Å². The van der Waals surface area contributed by atoms with Crippen molar-refractivity contribution < 1.29 is 24.0 Å². The summed E-state index contributed by atoms with van der Waals surface area (Å²) >= 11 is 0. The largest absolute Gasteiger partial charge is 0.469 e. The number of rotatable bonds is 4. The Bertz CT molecular complexity index is 553. The van der Waals surface area contributed by atoms with Crippen molar-refractivity contribution >= 4 is 17.6 Å². The molecule has 7 heteroatoms. The van der Waals surface area contributed by atoms with E-state index in [-0.39, 0.29) is 29.2 Å². The van der Waals surface area contributed by atoms with E-state index >= 15 is 0 Å². The van der Waals surface area contributed by atoms with E-state index in [0.29, 0.717) is 19.3 Å². The van der Waals surface area contributed by atoms with Gasteiger partial charge < -0.3 is 9.47 Å². The van der Waals surface area contributed by atoms with Gasteiger partial charge in [0.1, 0.15) is 6.10 Å². The average Bonchev–Trinajstić information content (AvgIpc) is 2.95. The smallest absolute Gasteiger partial charge is 0.338 e. The second kappa shape index (κ2) is 6.34. The van der Waals surface area contributed by atoms with Gasteiger partial charge in [-0.05, 0) is 31.4 Å². The van der Waals surface area contributed by atoms with Crippen LogP contribution < -0.4 is 0 Å². The van der Waals surface area contributed by atoms with E-state index in [0.717, 1.165) is 0 Å². The van der Waals surface area contributed by atoms with Crippen molar-refractivity contribution in [3.63, 3.8) is 0 Å². The topological polar surface area (TPSA) is 95.7 Å². The Morgan fingerprint density at radius 2 is 1.90 bits per heavy atom. The highest BCUT2D eigenvalue weighted by Gasteiger charge is 2.33. The fraction of sp³-hybridized carbons (Fsp3) is 0.429. The molecule has 112 valence electrons. The molecule has 1 fully saturated rings. The molecule has 1 saturated carbocycles. The van der Waals surface area contributed by atoms with Crippen LogP contribution in [0.3, 0.4) is 0 Å². The zero-order valence-corrected chi connectivity index (χ0v) is 11.5. The average molecular weight is 293 g/mol. The highest BCUT2D eigenvalue weighted by Crippen LogP contribution is 2.29. The molecule has 1 aliphatic rings. The monoisotopic (exact) mass is 293 g/mol. The Kier molecular flexibility index (Phi) is 4.52. The molecule has 21 heavy (non-hydrogen) atoms. The van der Waals surface area contributed by atoms with E-state index in [9.17, 15) is 19.7 Å². The van der Waals surface area contributed by atoms with Gasteiger partial charge in [0.15, 0.2) is 0 Å². The first kappa shape index (κ1) is 15.0. The van der Waals surface area contributed by atoms with Gasteiger partial charge in [0.05, 0.1) is 23.5 Å². The number of carbonyl (C=O) groups excluding carboxylic acids is 2. The minimum absolute atomic E-state index is 0.0850. The minimum Gasteiger partial charge on any atom is -0.469 e. The number of ether oxygens (including phenoxy) is 2. The van der Waals surface area contributed by atoms with Gasteiger partial charge in [0.25, 0.3) is 5.69 Å². The van der Waals surface area contributed by atoms with Crippen LogP contribution in [0, 0.1) is 16.0 Å². The molecule has 2 rings (SSSR count). The molecule has 0 aliphatic heterocycles. The van der Waals surface area contributed by atoms with E-state index in [4.69, 9.17) is 4.74 Å². The molecule has 1 aliphatic carbocycles. The second-order valence-corrected chi connectivity index (χ2v) is 4.86. The Morgan fingerprint density at radius 3 is 2.48 bits per heavy atom. The Labute approximate surface area is 121 Å². The zero-order chi connectivity index (χ0) is 15.4. The van der Waals surface area contributed by atoms with Crippen molar-refractivity contribution in [2.75, 3.05) is 7.11 Å². The number of nitro groups is 1. The molecule has 0 heterocycles. The van der Waals surface area contributed by atoms with Gasteiger partial charge in [-0.15, -0.1) is 0 Å². The maximum absolute atomic E-state index is 11.9. The van der Waals surface area contributed by atoms with Crippen LogP contribution in [-0.2, 0) is 14.3 Å². The summed E-state index contributed by atoms with van der Waals surface area (Å²) in [5.74, 6) is -1.06. The first-order valence-corrected chi connectivity index (χ1v) is 6.54. The van der Waals surface area contributed by atoms with E-state index in [1.165, 1.54) is 31.4 Å². The third-order valence-corrected chi connectivity index (χ3v) is 3.51. The predicted molar refractivity (Wildman–Crippen MR) is 71.7 cm³/mol. The lowest BCUT2D eigenvalue weighted by atomic mass is 10.1. The summed E-state index contributed by atoms with van der Waals surface area (Å²) in [6.45, 7) is 0. The van der Waals surface area contributed by atoms with E-state index in [2.05, 4.69) is 4.74 Å². The normalized spacial score (nSPS) is 20.8. The van der Waals surface area contributed by atoms with E-state index < -0.39 is 10.9 Å². The first-order valence-electron chi connectivity index (χ1n) is 6.54. The van der Waals surface area contributed by atoms with Gasteiger partial charge in [-0.1, -0.05) is 0 Å². The SMILES string of the molecule is COC(=O)C1CCC(OC(=O)c2ccc([N+](=O)[O-])cc2)C1. The van der Waals surface area contributed by atoms with Crippen molar-refractivity contribution in [3.05, 3.63) is 39.9 Å². The molecule has 0 bridgehead atoms. The van der Waals surface area contributed by atoms with Crippen LogP contribution in [0.5, 0.6) is 0 Å². The molecule has 7 nitrogen and oxygen atoms in total. The highest BCUT2D eigenvalue weighted by molar-refractivity contribution is 5.89. The van der Waals surface area contributed by atoms with Gasteiger partial charge in [0, 0.05) is 12.1 Å². The number of benzene rings is 1. The number of hydrogen-bond donors (Lipinski definition) is 0. The first-order chi connectivity index (χ1) is 10.0. The van der Waals surface area contributed by atoms with Crippen LogP contribution in [0.25, 0.3) is 0 Å². The van der Waals surface area contributed by atoms with E-state index in [1.54, 1.807) is 0 Å². The molecule has 0 aromatic heterocycles. The number of esters is 2. The fourth-order valence-corrected chi connectivity index (χ4v) is 2.37. The van der Waals surface area contributed by atoms with Crippen LogP contribution in [0.15, 0.2) is 24.3 Å². The van der Waals surface area contributed by atoms with Gasteiger partial charge in [-0.3, -0.25) is 14.9 Å². The van der Waals surface area contributed by atoms with Crippen molar-refractivity contribution in [1.82, 2.24) is 0 Å². The van der Waals surface area contributed by atoms with Gasteiger partial charge in [-0.2, -0.15) is 0 Å². The predicted octanol–water partition coefficient (Wildman–Crippen LogP) is 2.09. The summed E-state index contributed by atoms with van der Waals surface area (Å²) in [4.78, 5) is 33.3. The molecular formula is C14H15NO6. The number of methoxy groups -OCH3 is 1. The third-order valence-electron chi connectivity index (χ3n) is 3.51. The molecule has 2 atom stereocenters. The number of carbonyl (C=O) groups is 2. The summed E-state index contributed by atoms with van der Waals surface area (Å²) < 4.78 is 9.97. The molecule has 0 amide bonds. The quantitative estimate of drug-likeness (QED) is 0.479. The van der Waals surface area contributed by atoms with Crippen molar-refractivity contribution in [1.29, 1.82) is 0 Å². The van der Waals surface area contributed by atoms with Gasteiger partial charge in [0.2, 0.25) is 0 Å². The summed E-state index contributed by atoms with van der Waals surface area (Å²) in [7, 11) is 1.33. The van der Waals surface area contributed by atoms with Crippen LogP contribution in [0.1, 0.15) is 29.6 Å². The van der Waals surface area contributed by atoms with Crippen molar-refractivity contribution in [2.24, 2.45) is 5.92 Å². The van der Waals surface area contributed by atoms with Gasteiger partial charge >= 0.3 is 11.9 Å². The van der Waals surface area contributed by atoms with E-state index in [1.807, 2.05) is 0 Å². The zero-order valence-electron chi connectivity index (χ0n) is 11.5. The second-order valence-electron chi connectivity index (χ2n) is 4.86. The molecule has 0 N–H and O–H groups in total. The Morgan fingerprint density at radius 1 is 1.24 bits per heavy atom. The standard InChI is InChI=1S/C14H15NO6/c1-20-13(16)10-4-7-12(8-10)21-14(17)9-2-5-11(6-3-9)15(18)19/h2-3,5-6,10,12H,4,7-8H2,1H3. The van der Waals surface area contributed by atoms with Crippen LogP contribution >= 0.6 is 0 Å². The lowest BCUT2D eigenvalue weighted by Crippen LogP contribution is -2.18. The molecule has 1 aromatic rings. The molecular weight excluding hydrogens is 278 g/mol. The van der Waals surface area contributed by atoms with Crippen molar-refractivity contribution in [2.45, 2.75) is 25.4 Å². The number of nitrogens with zero attached hydrogens (tertiary/aromatic N) is 1. The summed E-state index contributed by atoms with van der Waals surface area (Å²) in [5.41, 5.74) is 0.167. The number of nitro benzene ring substituents is 1. The highest BCUT2D eigenvalue weighted by atomic mass is 16.6. The van der Waals surface area contributed by atoms with Crippen LogP contribution in [0.4, 0.5) is 5.69 Å². The lowest BCUT2D eigenvalue weighted by Gasteiger charge is -2.12. The molecule has 0 radical (unpaired) electrons. The molecule has 0 saturated heterocycles. The number of hydrogen-bond acceptors (Lipinski definition) is 6. The summed E-state index contributed by atoms with van der Waals surface area (Å²) in [5, 5.41) is 10.5. The molecule has 0 spiro atoms.